The van der Waals surface area contributed by atoms with Crippen molar-refractivity contribution in [2.75, 3.05) is 0 Å². The van der Waals surface area contributed by atoms with Gasteiger partial charge in [0.15, 0.2) is 5.16 Å². The summed E-state index contributed by atoms with van der Waals surface area (Å²) in [5, 5.41) is 5.00. The third-order valence-corrected chi connectivity index (χ3v) is 3.21. The molecule has 2 heterocycles. The van der Waals surface area contributed by atoms with Crippen LogP contribution in [0.25, 0.3) is 0 Å². The number of nitrogens with zero attached hydrogens (tertiary/aromatic N) is 3. The van der Waals surface area contributed by atoms with Gasteiger partial charge in [0.05, 0.1) is 5.69 Å². The van der Waals surface area contributed by atoms with Gasteiger partial charge in [-0.25, -0.2) is 4.98 Å². The van der Waals surface area contributed by atoms with Crippen LogP contribution in [0.4, 0.5) is 0 Å². The predicted octanol–water partition coefficient (Wildman–Crippen LogP) is 2.88. The zero-order chi connectivity index (χ0) is 11.4. The Morgan fingerprint density at radius 2 is 2.38 bits per heavy atom. The number of imidazole rings is 1. The fraction of sp³-hybridized carbons (Fsp3) is 0.455. The smallest absolute Gasteiger partial charge is 0.168 e. The molecule has 86 valence electrons. The minimum absolute atomic E-state index is 0.804. The summed E-state index contributed by atoms with van der Waals surface area (Å²) >= 11 is 1.69. The summed E-state index contributed by atoms with van der Waals surface area (Å²) in [7, 11) is 0. The Balaban J connectivity index is 1.96. The molecular formula is C11H15N3OS. The highest BCUT2D eigenvalue weighted by molar-refractivity contribution is 7.98. The molecule has 0 aliphatic rings. The van der Waals surface area contributed by atoms with Gasteiger partial charge < -0.3 is 9.09 Å². The first-order valence-electron chi connectivity index (χ1n) is 5.35. The lowest BCUT2D eigenvalue weighted by Gasteiger charge is -2.03. The van der Waals surface area contributed by atoms with Crippen molar-refractivity contribution in [2.45, 2.75) is 37.7 Å². The molecular weight excluding hydrogens is 222 g/mol. The van der Waals surface area contributed by atoms with Crippen molar-refractivity contribution < 1.29 is 4.52 Å². The monoisotopic (exact) mass is 237 g/mol. The quantitative estimate of drug-likeness (QED) is 0.750. The molecule has 4 nitrogen and oxygen atoms in total. The van der Waals surface area contributed by atoms with Crippen molar-refractivity contribution in [3.63, 3.8) is 0 Å². The maximum atomic E-state index is 5.02. The highest BCUT2D eigenvalue weighted by atomic mass is 32.2. The molecule has 16 heavy (non-hydrogen) atoms. The Kier molecular flexibility index (Phi) is 3.66. The molecule has 2 aromatic rings. The van der Waals surface area contributed by atoms with Crippen LogP contribution in [0, 0.1) is 6.92 Å². The summed E-state index contributed by atoms with van der Waals surface area (Å²) in [5.41, 5.74) is 0.966. The SMILES string of the molecule is CCCn1ccnc1SCc1cc(C)on1. The Morgan fingerprint density at radius 1 is 1.50 bits per heavy atom. The molecule has 0 atom stereocenters. The number of aryl methyl sites for hydroxylation is 2. The van der Waals surface area contributed by atoms with E-state index in [2.05, 4.69) is 21.6 Å². The highest BCUT2D eigenvalue weighted by Crippen LogP contribution is 2.21. The summed E-state index contributed by atoms with van der Waals surface area (Å²) in [6, 6.07) is 1.96. The number of aromatic nitrogens is 3. The average Bonchev–Trinajstić information content (AvgIpc) is 2.85. The van der Waals surface area contributed by atoms with E-state index in [-0.39, 0.29) is 0 Å². The van der Waals surface area contributed by atoms with E-state index < -0.39 is 0 Å². The number of hydrogen-bond acceptors (Lipinski definition) is 4. The summed E-state index contributed by atoms with van der Waals surface area (Å²) in [6.07, 6.45) is 4.97. The van der Waals surface area contributed by atoms with E-state index >= 15 is 0 Å². The van der Waals surface area contributed by atoms with Crippen LogP contribution in [0.1, 0.15) is 24.8 Å². The van der Waals surface area contributed by atoms with Crippen LogP contribution in [0.15, 0.2) is 28.1 Å². The molecule has 0 spiro atoms. The first kappa shape index (κ1) is 11.3. The standard InChI is InChI=1S/C11H15N3OS/c1-3-5-14-6-4-12-11(14)16-8-10-7-9(2)15-13-10/h4,6-7H,3,5,8H2,1-2H3. The lowest BCUT2D eigenvalue weighted by atomic mass is 10.4. The van der Waals surface area contributed by atoms with Gasteiger partial charge in [0, 0.05) is 30.8 Å². The molecule has 0 radical (unpaired) electrons. The van der Waals surface area contributed by atoms with Gasteiger partial charge in [0.2, 0.25) is 0 Å². The maximum Gasteiger partial charge on any atom is 0.168 e. The minimum atomic E-state index is 0.804. The number of thioether (sulfide) groups is 1. The third-order valence-electron chi connectivity index (χ3n) is 2.17. The Morgan fingerprint density at radius 3 is 3.06 bits per heavy atom. The Bertz CT molecular complexity index is 450. The van der Waals surface area contributed by atoms with Gasteiger partial charge in [-0.3, -0.25) is 0 Å². The second-order valence-electron chi connectivity index (χ2n) is 3.62. The van der Waals surface area contributed by atoms with Crippen LogP contribution < -0.4 is 0 Å². The van der Waals surface area contributed by atoms with Gasteiger partial charge >= 0.3 is 0 Å². The van der Waals surface area contributed by atoms with Crippen LogP contribution in [0.2, 0.25) is 0 Å². The van der Waals surface area contributed by atoms with Crippen molar-refractivity contribution in [1.82, 2.24) is 14.7 Å². The molecule has 0 aliphatic carbocycles. The Hall–Kier alpha value is -1.23. The molecule has 0 N–H and O–H groups in total. The Labute approximate surface area is 99.0 Å². The molecule has 0 saturated carbocycles. The zero-order valence-electron chi connectivity index (χ0n) is 9.51. The van der Waals surface area contributed by atoms with Gasteiger partial charge in [0.25, 0.3) is 0 Å². The van der Waals surface area contributed by atoms with E-state index in [9.17, 15) is 0 Å². The molecule has 0 fully saturated rings. The first-order chi connectivity index (χ1) is 7.79. The van der Waals surface area contributed by atoms with Crippen LogP contribution in [-0.4, -0.2) is 14.7 Å². The third kappa shape index (κ3) is 2.66. The molecule has 2 rings (SSSR count). The average molecular weight is 237 g/mol. The molecule has 0 unspecified atom stereocenters. The van der Waals surface area contributed by atoms with E-state index in [0.717, 1.165) is 35.3 Å². The molecule has 0 bridgehead atoms. The summed E-state index contributed by atoms with van der Waals surface area (Å²) < 4.78 is 7.19. The van der Waals surface area contributed by atoms with Crippen LogP contribution >= 0.6 is 11.8 Å². The molecule has 0 amide bonds. The van der Waals surface area contributed by atoms with Crippen molar-refractivity contribution in [3.8, 4) is 0 Å². The fourth-order valence-corrected chi connectivity index (χ4v) is 2.34. The summed E-state index contributed by atoms with van der Waals surface area (Å²) in [5.74, 6) is 1.66. The first-order valence-corrected chi connectivity index (χ1v) is 6.34. The van der Waals surface area contributed by atoms with Crippen LogP contribution in [0.5, 0.6) is 0 Å². The van der Waals surface area contributed by atoms with Crippen molar-refractivity contribution in [1.29, 1.82) is 0 Å². The van der Waals surface area contributed by atoms with Gasteiger partial charge in [-0.15, -0.1) is 0 Å². The van der Waals surface area contributed by atoms with Crippen molar-refractivity contribution >= 4 is 11.8 Å². The lowest BCUT2D eigenvalue weighted by Crippen LogP contribution is -1.97. The second kappa shape index (κ2) is 5.21. The highest BCUT2D eigenvalue weighted by Gasteiger charge is 2.05. The van der Waals surface area contributed by atoms with Gasteiger partial charge in [-0.05, 0) is 13.3 Å². The number of hydrogen-bond donors (Lipinski definition) is 0. The molecule has 0 aromatic carbocycles. The molecule has 5 heteroatoms. The van der Waals surface area contributed by atoms with E-state index in [1.165, 1.54) is 0 Å². The van der Waals surface area contributed by atoms with E-state index in [1.54, 1.807) is 11.8 Å². The topological polar surface area (TPSA) is 43.9 Å². The van der Waals surface area contributed by atoms with Gasteiger partial charge in [-0.2, -0.15) is 0 Å². The van der Waals surface area contributed by atoms with Crippen molar-refractivity contribution in [3.05, 3.63) is 29.9 Å². The van der Waals surface area contributed by atoms with Gasteiger partial charge in [-0.1, -0.05) is 23.8 Å². The van der Waals surface area contributed by atoms with Crippen LogP contribution in [0.3, 0.4) is 0 Å². The predicted molar refractivity (Wildman–Crippen MR) is 63.3 cm³/mol. The lowest BCUT2D eigenvalue weighted by molar-refractivity contribution is 0.393. The fourth-order valence-electron chi connectivity index (χ4n) is 1.47. The summed E-state index contributed by atoms with van der Waals surface area (Å²) in [4.78, 5) is 4.32. The maximum absolute atomic E-state index is 5.02. The normalized spacial score (nSPS) is 10.9. The summed E-state index contributed by atoms with van der Waals surface area (Å²) in [6.45, 7) is 5.08. The van der Waals surface area contributed by atoms with Crippen LogP contribution in [-0.2, 0) is 12.3 Å². The second-order valence-corrected chi connectivity index (χ2v) is 4.56. The van der Waals surface area contributed by atoms with Gasteiger partial charge in [0.1, 0.15) is 5.76 Å². The van der Waals surface area contributed by atoms with E-state index in [1.807, 2.05) is 25.4 Å². The van der Waals surface area contributed by atoms with E-state index in [4.69, 9.17) is 4.52 Å². The zero-order valence-corrected chi connectivity index (χ0v) is 10.3. The molecule has 2 aromatic heterocycles. The molecule has 0 aliphatic heterocycles. The van der Waals surface area contributed by atoms with E-state index in [0.29, 0.717) is 0 Å². The van der Waals surface area contributed by atoms with Crippen molar-refractivity contribution in [2.24, 2.45) is 0 Å². The molecule has 0 saturated heterocycles. The largest absolute Gasteiger partial charge is 0.361 e. The minimum Gasteiger partial charge on any atom is -0.361 e. The number of rotatable bonds is 5.